The van der Waals surface area contributed by atoms with Crippen LogP contribution in [0.1, 0.15) is 11.1 Å². The molecule has 0 spiro atoms. The molecule has 4 aromatic carbocycles. The molecule has 0 heterocycles. The van der Waals surface area contributed by atoms with Gasteiger partial charge in [-0.25, -0.2) is 0 Å². The zero-order chi connectivity index (χ0) is 21.7. The van der Waals surface area contributed by atoms with Crippen LogP contribution < -0.4 is 37.8 Å². The van der Waals surface area contributed by atoms with Crippen LogP contribution in [0, 0.1) is 6.92 Å². The third-order valence-electron chi connectivity index (χ3n) is 5.80. The third-order valence-corrected chi connectivity index (χ3v) is 10.2. The van der Waals surface area contributed by atoms with Crippen molar-refractivity contribution in [3.05, 3.63) is 114 Å². The Labute approximate surface area is 198 Å². The SMILES string of the molecule is COc1cc(C[P+](c2ccccc2)(c2ccccc2)c2ccccc2)c(OC)cc1C.[Cl-]. The summed E-state index contributed by atoms with van der Waals surface area (Å²) in [5.74, 6) is 1.80. The average Bonchev–Trinajstić information content (AvgIpc) is 2.84. The quantitative estimate of drug-likeness (QED) is 0.393. The summed E-state index contributed by atoms with van der Waals surface area (Å²) in [5, 5.41) is 4.07. The molecular formula is C28H28ClO2P. The van der Waals surface area contributed by atoms with Crippen LogP contribution in [0.5, 0.6) is 11.5 Å². The first-order valence-corrected chi connectivity index (χ1v) is 12.4. The Morgan fingerprint density at radius 1 is 0.594 bits per heavy atom. The minimum absolute atomic E-state index is 0. The summed E-state index contributed by atoms with van der Waals surface area (Å²) in [6, 6.07) is 37.0. The van der Waals surface area contributed by atoms with Crippen molar-refractivity contribution < 1.29 is 21.9 Å². The largest absolute Gasteiger partial charge is 1.00 e. The fourth-order valence-corrected chi connectivity index (χ4v) is 8.50. The van der Waals surface area contributed by atoms with Crippen molar-refractivity contribution in [3.63, 3.8) is 0 Å². The molecule has 0 bridgehead atoms. The second-order valence-corrected chi connectivity index (χ2v) is 11.1. The van der Waals surface area contributed by atoms with E-state index >= 15 is 0 Å². The van der Waals surface area contributed by atoms with E-state index < -0.39 is 7.26 Å². The number of methoxy groups -OCH3 is 2. The Hall–Kier alpha value is -2.80. The van der Waals surface area contributed by atoms with E-state index in [4.69, 9.17) is 9.47 Å². The Morgan fingerprint density at radius 2 is 1.00 bits per heavy atom. The first-order valence-electron chi connectivity index (χ1n) is 10.5. The third kappa shape index (κ3) is 4.53. The van der Waals surface area contributed by atoms with Crippen LogP contribution in [0.2, 0.25) is 0 Å². The van der Waals surface area contributed by atoms with E-state index in [-0.39, 0.29) is 12.4 Å². The van der Waals surface area contributed by atoms with Crippen LogP contribution in [0.4, 0.5) is 0 Å². The van der Waals surface area contributed by atoms with E-state index in [0.29, 0.717) is 0 Å². The fourth-order valence-electron chi connectivity index (χ4n) is 4.26. The van der Waals surface area contributed by atoms with Crippen molar-refractivity contribution in [2.24, 2.45) is 0 Å². The molecule has 0 unspecified atom stereocenters. The zero-order valence-corrected chi connectivity index (χ0v) is 20.3. The van der Waals surface area contributed by atoms with Crippen molar-refractivity contribution in [2.75, 3.05) is 14.2 Å². The molecule has 4 aromatic rings. The number of benzene rings is 4. The van der Waals surface area contributed by atoms with Gasteiger partial charge in [0.15, 0.2) is 0 Å². The molecule has 0 saturated heterocycles. The monoisotopic (exact) mass is 462 g/mol. The predicted octanol–water partition coefficient (Wildman–Crippen LogP) is 2.51. The maximum Gasteiger partial charge on any atom is 0.126 e. The van der Waals surface area contributed by atoms with Gasteiger partial charge in [0.2, 0.25) is 0 Å². The summed E-state index contributed by atoms with van der Waals surface area (Å²) in [6.07, 6.45) is 0.852. The van der Waals surface area contributed by atoms with Crippen LogP contribution in [-0.4, -0.2) is 14.2 Å². The molecule has 0 aliphatic carbocycles. The molecule has 32 heavy (non-hydrogen) atoms. The molecule has 164 valence electrons. The minimum atomic E-state index is -2.00. The van der Waals surface area contributed by atoms with Crippen LogP contribution in [0.15, 0.2) is 103 Å². The predicted molar refractivity (Wildman–Crippen MR) is 133 cm³/mol. The number of aryl methyl sites for hydroxylation is 1. The van der Waals surface area contributed by atoms with Gasteiger partial charge in [0.1, 0.15) is 40.8 Å². The molecule has 0 atom stereocenters. The molecule has 2 nitrogen and oxygen atoms in total. The summed E-state index contributed by atoms with van der Waals surface area (Å²) in [5.41, 5.74) is 2.24. The fraction of sp³-hybridized carbons (Fsp3) is 0.143. The lowest BCUT2D eigenvalue weighted by Gasteiger charge is -2.28. The standard InChI is InChI=1S/C28H28O2P.ClH/c1-22-19-28(30-3)23(20-27(22)29-2)21-31(24-13-7-4-8-14-24,25-15-9-5-10-16-25)26-17-11-6-12-18-26;/h4-20H,21H2,1-3H3;1H/q+1;/p-1. The van der Waals surface area contributed by atoms with Crippen molar-refractivity contribution in [2.45, 2.75) is 13.1 Å². The molecule has 0 N–H and O–H groups in total. The van der Waals surface area contributed by atoms with E-state index in [9.17, 15) is 0 Å². The molecule has 0 aliphatic heterocycles. The Morgan fingerprint density at radius 3 is 1.38 bits per heavy atom. The molecule has 4 heteroatoms. The second kappa shape index (κ2) is 10.7. The summed E-state index contributed by atoms with van der Waals surface area (Å²) in [7, 11) is 1.48. The molecule has 4 rings (SSSR count). The first kappa shape index (κ1) is 23.9. The topological polar surface area (TPSA) is 18.5 Å². The van der Waals surface area contributed by atoms with Gasteiger partial charge in [-0.15, -0.1) is 0 Å². The Balaban J connectivity index is 0.00000289. The van der Waals surface area contributed by atoms with E-state index in [1.54, 1.807) is 14.2 Å². The van der Waals surface area contributed by atoms with Gasteiger partial charge < -0.3 is 21.9 Å². The van der Waals surface area contributed by atoms with Crippen LogP contribution >= 0.6 is 7.26 Å². The van der Waals surface area contributed by atoms with Gasteiger partial charge in [0.05, 0.1) is 14.2 Å². The first-order chi connectivity index (χ1) is 15.2. The molecule has 0 saturated carbocycles. The maximum atomic E-state index is 5.84. The second-order valence-electron chi connectivity index (χ2n) is 7.61. The highest BCUT2D eigenvalue weighted by Gasteiger charge is 2.46. The van der Waals surface area contributed by atoms with Crippen LogP contribution in [0.3, 0.4) is 0 Å². The lowest BCUT2D eigenvalue weighted by molar-refractivity contribution is -0.00000672. The van der Waals surface area contributed by atoms with Gasteiger partial charge in [0.25, 0.3) is 0 Å². The number of rotatable bonds is 7. The van der Waals surface area contributed by atoms with E-state index in [0.717, 1.165) is 28.8 Å². The van der Waals surface area contributed by atoms with Gasteiger partial charge in [-0.1, -0.05) is 54.6 Å². The molecule has 0 amide bonds. The lowest BCUT2D eigenvalue weighted by atomic mass is 10.1. The Kier molecular flexibility index (Phi) is 7.96. The van der Waals surface area contributed by atoms with Gasteiger partial charge in [-0.05, 0) is 61.0 Å². The minimum Gasteiger partial charge on any atom is -1.00 e. The van der Waals surface area contributed by atoms with Gasteiger partial charge in [-0.2, -0.15) is 0 Å². The Bertz CT molecular complexity index is 1040. The maximum absolute atomic E-state index is 5.84. The summed E-state index contributed by atoms with van der Waals surface area (Å²) >= 11 is 0. The van der Waals surface area contributed by atoms with Crippen molar-refractivity contribution in [3.8, 4) is 11.5 Å². The number of halogens is 1. The molecule has 0 aromatic heterocycles. The van der Waals surface area contributed by atoms with E-state index in [1.807, 2.05) is 0 Å². The molecule has 0 radical (unpaired) electrons. The number of hydrogen-bond donors (Lipinski definition) is 0. The summed E-state index contributed by atoms with van der Waals surface area (Å²) < 4.78 is 11.5. The summed E-state index contributed by atoms with van der Waals surface area (Å²) in [4.78, 5) is 0. The highest BCUT2D eigenvalue weighted by Crippen LogP contribution is 2.59. The highest BCUT2D eigenvalue weighted by molar-refractivity contribution is 7.95. The number of hydrogen-bond acceptors (Lipinski definition) is 2. The average molecular weight is 463 g/mol. The zero-order valence-electron chi connectivity index (χ0n) is 18.7. The lowest BCUT2D eigenvalue weighted by Crippen LogP contribution is -3.00. The van der Waals surface area contributed by atoms with E-state index in [1.165, 1.54) is 15.9 Å². The van der Waals surface area contributed by atoms with E-state index in [2.05, 4.69) is 110 Å². The van der Waals surface area contributed by atoms with Crippen LogP contribution in [0.25, 0.3) is 0 Å². The smallest absolute Gasteiger partial charge is 0.126 e. The van der Waals surface area contributed by atoms with Gasteiger partial charge >= 0.3 is 0 Å². The van der Waals surface area contributed by atoms with Crippen molar-refractivity contribution in [1.29, 1.82) is 0 Å². The van der Waals surface area contributed by atoms with Gasteiger partial charge in [0, 0.05) is 5.56 Å². The van der Waals surface area contributed by atoms with Gasteiger partial charge in [-0.3, -0.25) is 0 Å². The molecular weight excluding hydrogens is 435 g/mol. The van der Waals surface area contributed by atoms with Crippen molar-refractivity contribution in [1.82, 2.24) is 0 Å². The highest BCUT2D eigenvalue weighted by atomic mass is 35.5. The van der Waals surface area contributed by atoms with Crippen LogP contribution in [-0.2, 0) is 6.16 Å². The summed E-state index contributed by atoms with van der Waals surface area (Å²) in [6.45, 7) is 2.05. The molecule has 0 aliphatic rings. The molecule has 0 fully saturated rings. The normalized spacial score (nSPS) is 10.8. The number of ether oxygens (including phenoxy) is 2. The van der Waals surface area contributed by atoms with Crippen molar-refractivity contribution >= 4 is 23.2 Å².